The van der Waals surface area contributed by atoms with Crippen molar-refractivity contribution < 1.29 is 9.53 Å². The molecule has 0 fully saturated rings. The monoisotopic (exact) mass is 330 g/mol. The minimum absolute atomic E-state index is 0.0287. The maximum absolute atomic E-state index is 12.7. The second-order valence-corrected chi connectivity index (χ2v) is 6.28. The number of benzene rings is 2. The third-order valence-electron chi connectivity index (χ3n) is 4.35. The van der Waals surface area contributed by atoms with Crippen molar-refractivity contribution >= 4 is 5.78 Å². The van der Waals surface area contributed by atoms with Crippen molar-refractivity contribution in [2.75, 3.05) is 0 Å². The van der Waals surface area contributed by atoms with E-state index in [4.69, 9.17) is 4.74 Å². The van der Waals surface area contributed by atoms with Crippen LogP contribution in [0.15, 0.2) is 78.4 Å². The Morgan fingerprint density at radius 2 is 1.88 bits per heavy atom. The van der Waals surface area contributed by atoms with E-state index in [0.717, 1.165) is 28.7 Å². The van der Waals surface area contributed by atoms with Gasteiger partial charge < -0.3 is 4.74 Å². The van der Waals surface area contributed by atoms with Gasteiger partial charge in [-0.2, -0.15) is 0 Å². The van der Waals surface area contributed by atoms with Gasteiger partial charge in [-0.3, -0.25) is 4.79 Å². The van der Waals surface area contributed by atoms with E-state index >= 15 is 0 Å². The van der Waals surface area contributed by atoms with E-state index in [2.05, 4.69) is 6.08 Å². The summed E-state index contributed by atoms with van der Waals surface area (Å²) in [4.78, 5) is 12.7. The lowest BCUT2D eigenvalue weighted by atomic mass is 10.0. The lowest BCUT2D eigenvalue weighted by molar-refractivity contribution is 0.104. The van der Waals surface area contributed by atoms with E-state index in [1.807, 2.05) is 74.5 Å². The molecule has 0 saturated carbocycles. The van der Waals surface area contributed by atoms with Crippen LogP contribution >= 0.6 is 0 Å². The summed E-state index contributed by atoms with van der Waals surface area (Å²) in [6.07, 6.45) is 10.5. The van der Waals surface area contributed by atoms with Crippen LogP contribution < -0.4 is 4.74 Å². The highest BCUT2D eigenvalue weighted by Gasteiger charge is 2.13. The summed E-state index contributed by atoms with van der Waals surface area (Å²) < 4.78 is 5.97. The third-order valence-corrected chi connectivity index (χ3v) is 4.35. The Morgan fingerprint density at radius 3 is 2.60 bits per heavy atom. The van der Waals surface area contributed by atoms with E-state index in [9.17, 15) is 4.79 Å². The van der Waals surface area contributed by atoms with Crippen molar-refractivity contribution in [3.63, 3.8) is 0 Å². The van der Waals surface area contributed by atoms with Gasteiger partial charge in [0.25, 0.3) is 0 Å². The fourth-order valence-electron chi connectivity index (χ4n) is 2.70. The topological polar surface area (TPSA) is 26.3 Å². The number of hydrogen-bond donors (Lipinski definition) is 0. The maximum Gasteiger partial charge on any atom is 0.189 e. The highest BCUT2D eigenvalue weighted by Crippen LogP contribution is 2.25. The Morgan fingerprint density at radius 1 is 1.12 bits per heavy atom. The standard InChI is InChI=1S/C23H22O2/c1-17-14-21(22(24)13-12-19-8-6-7-9-19)23(15-18(17)2)25-16-20-10-4-3-5-11-20/h3-8,10-15H,9,16H2,1-2H3. The lowest BCUT2D eigenvalue weighted by Gasteiger charge is -2.13. The van der Waals surface area contributed by atoms with E-state index in [-0.39, 0.29) is 5.78 Å². The van der Waals surface area contributed by atoms with Crippen LogP contribution in [0, 0.1) is 13.8 Å². The number of ketones is 1. The summed E-state index contributed by atoms with van der Waals surface area (Å²) in [5.74, 6) is 0.610. The third kappa shape index (κ3) is 4.36. The van der Waals surface area contributed by atoms with Crippen LogP contribution in [0.3, 0.4) is 0 Å². The molecule has 0 unspecified atom stereocenters. The fraction of sp³-hybridized carbons (Fsp3) is 0.174. The van der Waals surface area contributed by atoms with Crippen LogP contribution in [0.5, 0.6) is 5.75 Å². The molecule has 0 atom stereocenters. The molecule has 0 aliphatic heterocycles. The molecule has 0 amide bonds. The van der Waals surface area contributed by atoms with Gasteiger partial charge in [-0.05, 0) is 60.7 Å². The van der Waals surface area contributed by atoms with Crippen molar-refractivity contribution in [1.29, 1.82) is 0 Å². The summed E-state index contributed by atoms with van der Waals surface area (Å²) >= 11 is 0. The zero-order valence-electron chi connectivity index (χ0n) is 14.7. The largest absolute Gasteiger partial charge is 0.488 e. The summed E-state index contributed by atoms with van der Waals surface area (Å²) in [5, 5.41) is 0. The quantitative estimate of drug-likeness (QED) is 0.516. The Labute approximate surface area is 149 Å². The van der Waals surface area contributed by atoms with Gasteiger partial charge in [0.15, 0.2) is 5.78 Å². The van der Waals surface area contributed by atoms with E-state index in [1.165, 1.54) is 0 Å². The van der Waals surface area contributed by atoms with Crippen LogP contribution in [0.4, 0.5) is 0 Å². The zero-order chi connectivity index (χ0) is 17.6. The molecule has 2 heteroatoms. The van der Waals surface area contributed by atoms with Gasteiger partial charge >= 0.3 is 0 Å². The minimum atomic E-state index is -0.0287. The molecule has 0 bridgehead atoms. The lowest BCUT2D eigenvalue weighted by Crippen LogP contribution is -2.04. The molecule has 2 nitrogen and oxygen atoms in total. The van der Waals surface area contributed by atoms with Crippen molar-refractivity contribution in [1.82, 2.24) is 0 Å². The molecule has 0 aromatic heterocycles. The molecule has 0 heterocycles. The van der Waals surface area contributed by atoms with Crippen LogP contribution in [-0.4, -0.2) is 5.78 Å². The van der Waals surface area contributed by atoms with E-state index in [0.29, 0.717) is 17.9 Å². The first kappa shape index (κ1) is 17.0. The molecule has 2 aromatic rings. The molecule has 1 aliphatic rings. The predicted octanol–water partition coefficient (Wildman–Crippen LogP) is 5.51. The fourth-order valence-corrected chi connectivity index (χ4v) is 2.70. The molecular formula is C23H22O2. The molecule has 3 rings (SSSR count). The second-order valence-electron chi connectivity index (χ2n) is 6.28. The summed E-state index contributed by atoms with van der Waals surface area (Å²) in [7, 11) is 0. The van der Waals surface area contributed by atoms with Gasteiger partial charge in [-0.25, -0.2) is 0 Å². The van der Waals surface area contributed by atoms with Crippen LogP contribution in [0.1, 0.15) is 33.5 Å². The summed E-state index contributed by atoms with van der Waals surface area (Å²) in [6, 6.07) is 13.9. The number of aryl methyl sites for hydroxylation is 2. The minimum Gasteiger partial charge on any atom is -0.488 e. The van der Waals surface area contributed by atoms with Crippen LogP contribution in [-0.2, 0) is 6.61 Å². The molecule has 0 spiro atoms. The Kier molecular flexibility index (Phi) is 5.30. The van der Waals surface area contributed by atoms with Gasteiger partial charge in [-0.1, -0.05) is 54.6 Å². The highest BCUT2D eigenvalue weighted by molar-refractivity contribution is 6.07. The van der Waals surface area contributed by atoms with Crippen molar-refractivity contribution in [2.45, 2.75) is 26.9 Å². The van der Waals surface area contributed by atoms with Gasteiger partial charge in [0.2, 0.25) is 0 Å². The molecule has 1 aliphatic carbocycles. The number of carbonyl (C=O) groups is 1. The number of ether oxygens (including phenoxy) is 1. The zero-order valence-corrected chi connectivity index (χ0v) is 14.7. The summed E-state index contributed by atoms with van der Waals surface area (Å²) in [6.45, 7) is 4.49. The number of rotatable bonds is 6. The molecule has 126 valence electrons. The first-order valence-corrected chi connectivity index (χ1v) is 8.49. The molecule has 2 aromatic carbocycles. The number of allylic oxidation sites excluding steroid dienone is 6. The Bertz CT molecular complexity index is 855. The SMILES string of the molecule is Cc1cc(OCc2ccccc2)c(C(=O)C=CC2=CC=CC2)cc1C. The predicted molar refractivity (Wildman–Crippen MR) is 102 cm³/mol. The second kappa shape index (κ2) is 7.80. The molecule has 0 saturated heterocycles. The number of hydrogen-bond acceptors (Lipinski definition) is 2. The van der Waals surface area contributed by atoms with Gasteiger partial charge in [0.1, 0.15) is 12.4 Å². The summed E-state index contributed by atoms with van der Waals surface area (Å²) in [5.41, 5.74) is 5.04. The highest BCUT2D eigenvalue weighted by atomic mass is 16.5. The number of carbonyl (C=O) groups excluding carboxylic acids is 1. The van der Waals surface area contributed by atoms with Gasteiger partial charge in [0.05, 0.1) is 5.56 Å². The van der Waals surface area contributed by atoms with Gasteiger partial charge in [-0.15, -0.1) is 0 Å². The first-order valence-electron chi connectivity index (χ1n) is 8.49. The van der Waals surface area contributed by atoms with E-state index in [1.54, 1.807) is 6.08 Å². The Hall–Kier alpha value is -2.87. The van der Waals surface area contributed by atoms with Crippen LogP contribution in [0.25, 0.3) is 0 Å². The average molecular weight is 330 g/mol. The smallest absolute Gasteiger partial charge is 0.189 e. The normalized spacial score (nSPS) is 13.3. The Balaban J connectivity index is 1.81. The van der Waals surface area contributed by atoms with Crippen molar-refractivity contribution in [2.24, 2.45) is 0 Å². The average Bonchev–Trinajstić information content (AvgIpc) is 3.15. The van der Waals surface area contributed by atoms with Gasteiger partial charge in [0, 0.05) is 0 Å². The van der Waals surface area contributed by atoms with Crippen LogP contribution in [0.2, 0.25) is 0 Å². The van der Waals surface area contributed by atoms with Crippen molar-refractivity contribution in [3.05, 3.63) is 101 Å². The molecule has 0 radical (unpaired) electrons. The molecule has 25 heavy (non-hydrogen) atoms. The van der Waals surface area contributed by atoms with E-state index < -0.39 is 0 Å². The maximum atomic E-state index is 12.7. The van der Waals surface area contributed by atoms with Crippen molar-refractivity contribution in [3.8, 4) is 5.75 Å². The first-order chi connectivity index (χ1) is 12.1. The molecular weight excluding hydrogens is 308 g/mol. The molecule has 0 N–H and O–H groups in total.